The number of para-hydroxylation sites is 1. The van der Waals surface area contributed by atoms with E-state index in [1.165, 1.54) is 6.33 Å². The van der Waals surface area contributed by atoms with Gasteiger partial charge in [-0.15, -0.1) is 0 Å². The first kappa shape index (κ1) is 15.8. The van der Waals surface area contributed by atoms with Gasteiger partial charge in [0.05, 0.1) is 17.6 Å². The standard InChI is InChI=1S/C20H15N5O/c26-19(25-18-8-10-22-13-23-18)11-15-4-1-3-14-6-7-17(24-20(14)15)16-5-2-9-21-12-16/h1-10,12-13H,11H2,(H,22,23,25,26). The molecule has 1 aromatic carbocycles. The van der Waals surface area contributed by atoms with Gasteiger partial charge in [-0.2, -0.15) is 0 Å². The number of amides is 1. The monoisotopic (exact) mass is 341 g/mol. The highest BCUT2D eigenvalue weighted by Crippen LogP contribution is 2.23. The van der Waals surface area contributed by atoms with E-state index >= 15 is 0 Å². The van der Waals surface area contributed by atoms with Crippen molar-refractivity contribution in [3.05, 3.63) is 79.0 Å². The maximum Gasteiger partial charge on any atom is 0.230 e. The van der Waals surface area contributed by atoms with Crippen LogP contribution in [0.4, 0.5) is 5.82 Å². The van der Waals surface area contributed by atoms with Crippen LogP contribution in [0.5, 0.6) is 0 Å². The van der Waals surface area contributed by atoms with Crippen LogP contribution in [0.15, 0.2) is 73.4 Å². The van der Waals surface area contributed by atoms with Gasteiger partial charge in [0, 0.05) is 29.5 Å². The van der Waals surface area contributed by atoms with E-state index in [2.05, 4.69) is 20.3 Å². The quantitative estimate of drug-likeness (QED) is 0.616. The SMILES string of the molecule is O=C(Cc1cccc2ccc(-c3cccnc3)nc12)Nc1ccncn1. The number of pyridine rings is 2. The molecule has 4 rings (SSSR count). The highest BCUT2D eigenvalue weighted by molar-refractivity contribution is 5.95. The van der Waals surface area contributed by atoms with Gasteiger partial charge in [-0.1, -0.05) is 24.3 Å². The average molecular weight is 341 g/mol. The van der Waals surface area contributed by atoms with Crippen LogP contribution in [-0.4, -0.2) is 25.8 Å². The van der Waals surface area contributed by atoms with Crippen LogP contribution in [0.25, 0.3) is 22.2 Å². The molecule has 0 fully saturated rings. The Morgan fingerprint density at radius 3 is 2.73 bits per heavy atom. The van der Waals surface area contributed by atoms with E-state index in [1.54, 1.807) is 24.7 Å². The minimum Gasteiger partial charge on any atom is -0.310 e. The predicted molar refractivity (Wildman–Crippen MR) is 99.3 cm³/mol. The molecule has 0 aliphatic heterocycles. The molecule has 6 heteroatoms. The van der Waals surface area contributed by atoms with Crippen molar-refractivity contribution >= 4 is 22.6 Å². The fourth-order valence-electron chi connectivity index (χ4n) is 2.75. The van der Waals surface area contributed by atoms with Gasteiger partial charge >= 0.3 is 0 Å². The van der Waals surface area contributed by atoms with Crippen molar-refractivity contribution in [3.63, 3.8) is 0 Å². The molecular weight excluding hydrogens is 326 g/mol. The van der Waals surface area contributed by atoms with Crippen LogP contribution in [-0.2, 0) is 11.2 Å². The third-order valence-corrected chi connectivity index (χ3v) is 3.96. The molecule has 6 nitrogen and oxygen atoms in total. The second-order valence-electron chi connectivity index (χ2n) is 5.75. The van der Waals surface area contributed by atoms with E-state index in [1.807, 2.05) is 42.5 Å². The van der Waals surface area contributed by atoms with Crippen molar-refractivity contribution < 1.29 is 4.79 Å². The minimum atomic E-state index is -0.148. The second-order valence-corrected chi connectivity index (χ2v) is 5.75. The fourth-order valence-corrected chi connectivity index (χ4v) is 2.75. The number of anilines is 1. The summed E-state index contributed by atoms with van der Waals surface area (Å²) in [6.07, 6.45) is 6.70. The molecule has 3 aromatic heterocycles. The summed E-state index contributed by atoms with van der Waals surface area (Å²) >= 11 is 0. The molecule has 0 aliphatic carbocycles. The molecule has 126 valence electrons. The molecule has 0 radical (unpaired) electrons. The van der Waals surface area contributed by atoms with E-state index < -0.39 is 0 Å². The Morgan fingerprint density at radius 1 is 0.962 bits per heavy atom. The van der Waals surface area contributed by atoms with Crippen molar-refractivity contribution in [1.82, 2.24) is 19.9 Å². The molecule has 0 atom stereocenters. The molecule has 0 spiro atoms. The number of carbonyl (C=O) groups is 1. The summed E-state index contributed by atoms with van der Waals surface area (Å²) in [5.41, 5.74) is 3.44. The number of carbonyl (C=O) groups excluding carboxylic acids is 1. The highest BCUT2D eigenvalue weighted by atomic mass is 16.1. The van der Waals surface area contributed by atoms with Gasteiger partial charge in [-0.05, 0) is 29.8 Å². The number of hydrogen-bond acceptors (Lipinski definition) is 5. The summed E-state index contributed by atoms with van der Waals surface area (Å²) in [6, 6.07) is 15.3. The summed E-state index contributed by atoms with van der Waals surface area (Å²) in [6.45, 7) is 0. The lowest BCUT2D eigenvalue weighted by Crippen LogP contribution is -2.15. The lowest BCUT2D eigenvalue weighted by Gasteiger charge is -2.08. The molecule has 0 unspecified atom stereocenters. The Labute approximate surface area is 150 Å². The van der Waals surface area contributed by atoms with E-state index in [0.29, 0.717) is 5.82 Å². The summed E-state index contributed by atoms with van der Waals surface area (Å²) < 4.78 is 0. The first-order valence-corrected chi connectivity index (χ1v) is 8.14. The van der Waals surface area contributed by atoms with Crippen LogP contribution in [0.2, 0.25) is 0 Å². The fraction of sp³-hybridized carbons (Fsp3) is 0.0500. The highest BCUT2D eigenvalue weighted by Gasteiger charge is 2.10. The Balaban J connectivity index is 1.65. The maximum atomic E-state index is 12.4. The van der Waals surface area contributed by atoms with Crippen molar-refractivity contribution in [3.8, 4) is 11.3 Å². The Hall–Kier alpha value is -3.67. The number of nitrogens with one attached hydrogen (secondary N) is 1. The zero-order valence-electron chi connectivity index (χ0n) is 13.8. The predicted octanol–water partition coefficient (Wildman–Crippen LogP) is 3.27. The lowest BCUT2D eigenvalue weighted by atomic mass is 10.0. The van der Waals surface area contributed by atoms with Crippen molar-refractivity contribution in [2.24, 2.45) is 0 Å². The summed E-state index contributed by atoms with van der Waals surface area (Å²) in [7, 11) is 0. The maximum absolute atomic E-state index is 12.4. The number of nitrogens with zero attached hydrogens (tertiary/aromatic N) is 4. The third kappa shape index (κ3) is 3.39. The Kier molecular flexibility index (Phi) is 4.30. The van der Waals surface area contributed by atoms with Gasteiger partial charge in [0.2, 0.25) is 5.91 Å². The van der Waals surface area contributed by atoms with Crippen LogP contribution in [0, 0.1) is 0 Å². The average Bonchev–Trinajstić information content (AvgIpc) is 2.69. The molecule has 4 aromatic rings. The van der Waals surface area contributed by atoms with Gasteiger partial charge < -0.3 is 5.32 Å². The van der Waals surface area contributed by atoms with Gasteiger partial charge in [0.25, 0.3) is 0 Å². The third-order valence-electron chi connectivity index (χ3n) is 3.96. The van der Waals surface area contributed by atoms with Gasteiger partial charge in [-0.3, -0.25) is 9.78 Å². The first-order chi connectivity index (χ1) is 12.8. The molecule has 26 heavy (non-hydrogen) atoms. The zero-order valence-corrected chi connectivity index (χ0v) is 13.8. The topological polar surface area (TPSA) is 80.7 Å². The van der Waals surface area contributed by atoms with E-state index in [9.17, 15) is 4.79 Å². The molecule has 1 amide bonds. The normalized spacial score (nSPS) is 10.6. The smallest absolute Gasteiger partial charge is 0.230 e. The molecule has 0 bridgehead atoms. The lowest BCUT2D eigenvalue weighted by molar-refractivity contribution is -0.115. The van der Waals surface area contributed by atoms with Crippen molar-refractivity contribution in [1.29, 1.82) is 0 Å². The molecule has 0 aliphatic rings. The molecule has 0 saturated carbocycles. The van der Waals surface area contributed by atoms with Crippen LogP contribution in [0.3, 0.4) is 0 Å². The molecular formula is C20H15N5O. The number of benzene rings is 1. The molecule has 1 N–H and O–H groups in total. The number of hydrogen-bond donors (Lipinski definition) is 1. The van der Waals surface area contributed by atoms with E-state index in [-0.39, 0.29) is 12.3 Å². The summed E-state index contributed by atoms with van der Waals surface area (Å²) in [5, 5.41) is 3.76. The minimum absolute atomic E-state index is 0.148. The molecule has 3 heterocycles. The number of fused-ring (bicyclic) bond motifs is 1. The van der Waals surface area contributed by atoms with Crippen LogP contribution < -0.4 is 5.32 Å². The number of rotatable bonds is 4. The van der Waals surface area contributed by atoms with E-state index in [0.717, 1.165) is 27.7 Å². The van der Waals surface area contributed by atoms with Crippen LogP contribution in [0.1, 0.15) is 5.56 Å². The second kappa shape index (κ2) is 7.06. The van der Waals surface area contributed by atoms with Crippen molar-refractivity contribution in [2.75, 3.05) is 5.32 Å². The van der Waals surface area contributed by atoms with Crippen LogP contribution >= 0.6 is 0 Å². The first-order valence-electron chi connectivity index (χ1n) is 8.14. The van der Waals surface area contributed by atoms with E-state index in [4.69, 9.17) is 4.98 Å². The van der Waals surface area contributed by atoms with Gasteiger partial charge in [-0.25, -0.2) is 15.0 Å². The van der Waals surface area contributed by atoms with Gasteiger partial charge in [0.1, 0.15) is 12.1 Å². The number of aromatic nitrogens is 4. The largest absolute Gasteiger partial charge is 0.310 e. The van der Waals surface area contributed by atoms with Crippen molar-refractivity contribution in [2.45, 2.75) is 6.42 Å². The summed E-state index contributed by atoms with van der Waals surface area (Å²) in [4.78, 5) is 29.1. The molecule has 0 saturated heterocycles. The van der Waals surface area contributed by atoms with Gasteiger partial charge in [0.15, 0.2) is 0 Å². The zero-order chi connectivity index (χ0) is 17.8. The Bertz CT molecular complexity index is 1050. The summed E-state index contributed by atoms with van der Waals surface area (Å²) in [5.74, 6) is 0.332. The Morgan fingerprint density at radius 2 is 1.92 bits per heavy atom.